The predicted molar refractivity (Wildman–Crippen MR) is 158 cm³/mol. The summed E-state index contributed by atoms with van der Waals surface area (Å²) in [6.07, 6.45) is 3.65. The zero-order valence-corrected chi connectivity index (χ0v) is 25.4. The fourth-order valence-electron chi connectivity index (χ4n) is 6.68. The van der Waals surface area contributed by atoms with Crippen molar-refractivity contribution in [2.24, 2.45) is 5.41 Å². The van der Waals surface area contributed by atoms with E-state index in [0.717, 1.165) is 45.8 Å². The van der Waals surface area contributed by atoms with Gasteiger partial charge in [-0.25, -0.2) is 0 Å². The van der Waals surface area contributed by atoms with Crippen molar-refractivity contribution in [3.05, 3.63) is 70.0 Å². The van der Waals surface area contributed by atoms with Crippen LogP contribution in [0.25, 0.3) is 11.1 Å². The molecular formula is C34H40N2O6. The molecule has 2 atom stereocenters. The molecule has 6 rings (SSSR count). The fourth-order valence-corrected chi connectivity index (χ4v) is 6.68. The maximum absolute atomic E-state index is 12.1. The van der Waals surface area contributed by atoms with Gasteiger partial charge in [0.1, 0.15) is 25.1 Å². The SMILES string of the molecule is COC(=O)CC1c2ccc(OCc3cccc(-c4c(C)nc(OC[C@@H]5COC(C)(C)O5)nc4C)c3C)cc2CC12CC2. The van der Waals surface area contributed by atoms with Gasteiger partial charge in [0.25, 0.3) is 0 Å². The molecular weight excluding hydrogens is 532 g/mol. The van der Waals surface area contributed by atoms with E-state index in [0.29, 0.717) is 32.3 Å². The van der Waals surface area contributed by atoms with Gasteiger partial charge in [-0.2, -0.15) is 9.97 Å². The summed E-state index contributed by atoms with van der Waals surface area (Å²) in [6, 6.07) is 13.0. The normalized spacial score (nSPS) is 21.3. The second kappa shape index (κ2) is 11.0. The second-order valence-electron chi connectivity index (χ2n) is 12.4. The van der Waals surface area contributed by atoms with Crippen LogP contribution in [0.4, 0.5) is 0 Å². The number of aryl methyl sites for hydroxylation is 2. The highest BCUT2D eigenvalue weighted by atomic mass is 16.7. The largest absolute Gasteiger partial charge is 0.489 e. The first-order valence-corrected chi connectivity index (χ1v) is 14.8. The molecule has 3 aliphatic rings. The van der Waals surface area contributed by atoms with Crippen LogP contribution in [0, 0.1) is 26.2 Å². The summed E-state index contributed by atoms with van der Waals surface area (Å²) < 4.78 is 28.6. The fraction of sp³-hybridized carbons (Fsp3) is 0.500. The number of nitrogens with zero attached hydrogens (tertiary/aromatic N) is 2. The van der Waals surface area contributed by atoms with Crippen LogP contribution in [-0.4, -0.2) is 48.2 Å². The van der Waals surface area contributed by atoms with E-state index in [1.165, 1.54) is 31.1 Å². The Morgan fingerprint density at radius 1 is 1.05 bits per heavy atom. The molecule has 1 unspecified atom stereocenters. The molecule has 2 aromatic carbocycles. The lowest BCUT2D eigenvalue weighted by molar-refractivity contribution is -0.142. The lowest BCUT2D eigenvalue weighted by atomic mass is 9.87. The molecule has 1 saturated carbocycles. The molecule has 8 nitrogen and oxygen atoms in total. The zero-order valence-electron chi connectivity index (χ0n) is 25.4. The van der Waals surface area contributed by atoms with Crippen LogP contribution in [0.15, 0.2) is 36.4 Å². The average molecular weight is 573 g/mol. The molecule has 0 N–H and O–H groups in total. The number of rotatable bonds is 9. The van der Waals surface area contributed by atoms with Crippen LogP contribution in [-0.2, 0) is 32.0 Å². The van der Waals surface area contributed by atoms with Crippen molar-refractivity contribution in [2.45, 2.75) is 84.7 Å². The van der Waals surface area contributed by atoms with Gasteiger partial charge in [-0.1, -0.05) is 24.3 Å². The Labute approximate surface area is 247 Å². The molecule has 1 aliphatic heterocycles. The predicted octanol–water partition coefficient (Wildman–Crippen LogP) is 6.16. The highest BCUT2D eigenvalue weighted by Gasteiger charge is 2.54. The van der Waals surface area contributed by atoms with E-state index < -0.39 is 5.79 Å². The lowest BCUT2D eigenvalue weighted by Gasteiger charge is -2.18. The molecule has 222 valence electrons. The van der Waals surface area contributed by atoms with Gasteiger partial charge in [0.15, 0.2) is 5.79 Å². The third kappa shape index (κ3) is 5.62. The standard InChI is InChI=1S/C34H40N2O6/c1-20-23(17-39-25-10-11-28-24(14-25)16-34(12-13-34)29(28)15-30(37)38-6)8-7-9-27(20)31-21(2)35-32(36-22(31)3)40-18-26-19-41-33(4,5)42-26/h7-11,14,26,29H,12-13,15-19H2,1-6H3/t26-,29?/m1/s1. The van der Waals surface area contributed by atoms with Gasteiger partial charge in [-0.05, 0) is 99.2 Å². The van der Waals surface area contributed by atoms with E-state index >= 15 is 0 Å². The summed E-state index contributed by atoms with van der Waals surface area (Å²) in [4.78, 5) is 21.4. The Bertz CT molecular complexity index is 1490. The van der Waals surface area contributed by atoms with E-state index in [9.17, 15) is 4.79 Å². The van der Waals surface area contributed by atoms with Gasteiger partial charge in [0.05, 0.1) is 31.5 Å². The summed E-state index contributed by atoms with van der Waals surface area (Å²) in [7, 11) is 1.47. The van der Waals surface area contributed by atoms with Crippen LogP contribution in [0.5, 0.6) is 11.8 Å². The van der Waals surface area contributed by atoms with E-state index in [1.54, 1.807) is 0 Å². The second-order valence-corrected chi connectivity index (χ2v) is 12.4. The molecule has 0 amide bonds. The van der Waals surface area contributed by atoms with Gasteiger partial charge < -0.3 is 23.7 Å². The Morgan fingerprint density at radius 3 is 2.48 bits per heavy atom. The van der Waals surface area contributed by atoms with E-state index in [2.05, 4.69) is 47.2 Å². The highest BCUT2D eigenvalue weighted by molar-refractivity contribution is 5.73. The number of esters is 1. The van der Waals surface area contributed by atoms with E-state index in [4.69, 9.17) is 23.7 Å². The van der Waals surface area contributed by atoms with Crippen LogP contribution in [0.2, 0.25) is 0 Å². The minimum Gasteiger partial charge on any atom is -0.489 e. The minimum atomic E-state index is -0.592. The van der Waals surface area contributed by atoms with Crippen LogP contribution in [0.1, 0.15) is 72.7 Å². The van der Waals surface area contributed by atoms with Crippen molar-refractivity contribution in [2.75, 3.05) is 20.3 Å². The molecule has 1 saturated heterocycles. The number of benzene rings is 2. The topological polar surface area (TPSA) is 89.0 Å². The number of fused-ring (bicyclic) bond motifs is 1. The number of ether oxygens (including phenoxy) is 5. The van der Waals surface area contributed by atoms with Crippen molar-refractivity contribution in [3.63, 3.8) is 0 Å². The first kappa shape index (κ1) is 28.6. The number of hydrogen-bond acceptors (Lipinski definition) is 8. The Morgan fingerprint density at radius 2 is 1.81 bits per heavy atom. The molecule has 1 spiro atoms. The summed E-state index contributed by atoms with van der Waals surface area (Å²) in [5.41, 5.74) is 8.85. The van der Waals surface area contributed by atoms with Crippen molar-refractivity contribution in [1.29, 1.82) is 0 Å². The Hall–Kier alpha value is -3.49. The monoisotopic (exact) mass is 572 g/mol. The number of hydrogen-bond donors (Lipinski definition) is 0. The average Bonchev–Trinajstić information content (AvgIpc) is 3.55. The highest BCUT2D eigenvalue weighted by Crippen LogP contribution is 2.64. The maximum Gasteiger partial charge on any atom is 0.316 e. The molecule has 0 radical (unpaired) electrons. The van der Waals surface area contributed by atoms with Crippen molar-refractivity contribution in [1.82, 2.24) is 9.97 Å². The van der Waals surface area contributed by atoms with Gasteiger partial charge in [-0.15, -0.1) is 0 Å². The lowest BCUT2D eigenvalue weighted by Crippen LogP contribution is -2.25. The number of carbonyl (C=O) groups excluding carboxylic acids is 1. The van der Waals surface area contributed by atoms with Crippen LogP contribution < -0.4 is 9.47 Å². The molecule has 8 heteroatoms. The first-order chi connectivity index (χ1) is 20.1. The molecule has 42 heavy (non-hydrogen) atoms. The maximum atomic E-state index is 12.1. The van der Waals surface area contributed by atoms with Crippen molar-refractivity contribution in [3.8, 4) is 22.9 Å². The Kier molecular flexibility index (Phi) is 7.48. The van der Waals surface area contributed by atoms with Crippen LogP contribution in [0.3, 0.4) is 0 Å². The number of methoxy groups -OCH3 is 1. The zero-order chi connectivity index (χ0) is 29.6. The van der Waals surface area contributed by atoms with Crippen molar-refractivity contribution >= 4 is 5.97 Å². The quantitative estimate of drug-likeness (QED) is 0.282. The third-order valence-electron chi connectivity index (χ3n) is 9.09. The summed E-state index contributed by atoms with van der Waals surface area (Å²) >= 11 is 0. The van der Waals surface area contributed by atoms with Gasteiger partial charge in [0.2, 0.25) is 0 Å². The Balaban J connectivity index is 1.15. The molecule has 2 fully saturated rings. The van der Waals surface area contributed by atoms with Crippen LogP contribution >= 0.6 is 0 Å². The summed E-state index contributed by atoms with van der Waals surface area (Å²) in [6.45, 7) is 11.2. The molecule has 2 aliphatic carbocycles. The van der Waals surface area contributed by atoms with Gasteiger partial charge in [-0.3, -0.25) is 4.79 Å². The molecule has 2 heterocycles. The van der Waals surface area contributed by atoms with Crippen molar-refractivity contribution < 1.29 is 28.5 Å². The van der Waals surface area contributed by atoms with Gasteiger partial charge >= 0.3 is 12.0 Å². The number of carbonyl (C=O) groups is 1. The summed E-state index contributed by atoms with van der Waals surface area (Å²) in [5.74, 6) is 0.373. The molecule has 1 aromatic heterocycles. The van der Waals surface area contributed by atoms with E-state index in [1.807, 2.05) is 33.8 Å². The minimum absolute atomic E-state index is 0.134. The first-order valence-electron chi connectivity index (χ1n) is 14.8. The molecule has 0 bridgehead atoms. The third-order valence-corrected chi connectivity index (χ3v) is 9.09. The molecule has 3 aromatic rings. The smallest absolute Gasteiger partial charge is 0.316 e. The summed E-state index contributed by atoms with van der Waals surface area (Å²) in [5, 5.41) is 0. The van der Waals surface area contributed by atoms with Gasteiger partial charge in [0, 0.05) is 11.5 Å². The van der Waals surface area contributed by atoms with E-state index in [-0.39, 0.29) is 23.4 Å². The number of aromatic nitrogens is 2.